The predicted molar refractivity (Wildman–Crippen MR) is 82.0 cm³/mol. The second-order valence-electron chi connectivity index (χ2n) is 4.86. The van der Waals surface area contributed by atoms with Gasteiger partial charge in [-0.3, -0.25) is 9.69 Å². The van der Waals surface area contributed by atoms with Crippen LogP contribution in [0.25, 0.3) is 20.9 Å². The number of hydrogen-bond acceptors (Lipinski definition) is 4. The van der Waals surface area contributed by atoms with E-state index in [-0.39, 0.29) is 11.8 Å². The number of rotatable bonds is 4. The Balaban J connectivity index is 1.77. The number of anilines is 1. The maximum atomic E-state index is 12.1. The fraction of sp³-hybridized carbons (Fsp3) is 0.286. The Labute approximate surface area is 125 Å². The topological polar surface area (TPSA) is 82.0 Å². The van der Waals surface area contributed by atoms with E-state index in [2.05, 4.69) is 15.0 Å². The number of carbonyl (C=O) groups is 1. The van der Waals surface area contributed by atoms with Gasteiger partial charge < -0.3 is 0 Å². The minimum Gasteiger partial charge on any atom is -0.288 e. The lowest BCUT2D eigenvalue weighted by Gasteiger charge is -2.11. The summed E-state index contributed by atoms with van der Waals surface area (Å²) >= 11 is 1.50. The first-order valence-electron chi connectivity index (χ1n) is 6.60. The molecule has 106 valence electrons. The van der Waals surface area contributed by atoms with E-state index in [0.717, 1.165) is 10.4 Å². The van der Waals surface area contributed by atoms with Gasteiger partial charge in [-0.1, -0.05) is 46.8 Å². The summed E-state index contributed by atoms with van der Waals surface area (Å²) in [5.74, 6) is 0.125. The number of carbonyl (C=O) groups excluding carboxylic acids is 1. The molecule has 1 aliphatic heterocycles. The average molecular weight is 299 g/mol. The van der Waals surface area contributed by atoms with Crippen molar-refractivity contribution in [3.8, 4) is 10.4 Å². The van der Waals surface area contributed by atoms with Gasteiger partial charge in [0.25, 0.3) is 0 Å². The number of nitrogens with zero attached hydrogens (tertiary/aromatic N) is 5. The van der Waals surface area contributed by atoms with Crippen molar-refractivity contribution in [1.82, 2.24) is 4.98 Å². The SMILES string of the molecule is [N-]=[N+]=NCC1CC(=O)N(c2ncc(-c3ccccc3)s2)C1. The summed E-state index contributed by atoms with van der Waals surface area (Å²) in [6.07, 6.45) is 2.21. The van der Waals surface area contributed by atoms with Crippen molar-refractivity contribution in [1.29, 1.82) is 0 Å². The maximum Gasteiger partial charge on any atom is 0.229 e. The van der Waals surface area contributed by atoms with E-state index in [9.17, 15) is 4.79 Å². The molecule has 3 rings (SSSR count). The minimum absolute atomic E-state index is 0.0436. The third-order valence-electron chi connectivity index (χ3n) is 3.39. The standard InChI is InChI=1S/C14H13N5OS/c15-18-17-7-10-6-13(20)19(9-10)14-16-8-12(21-14)11-4-2-1-3-5-11/h1-5,8,10H,6-7,9H2. The fourth-order valence-corrected chi connectivity index (χ4v) is 3.31. The van der Waals surface area contributed by atoms with E-state index in [1.165, 1.54) is 11.3 Å². The van der Waals surface area contributed by atoms with Crippen LogP contribution in [0.3, 0.4) is 0 Å². The number of aromatic nitrogens is 1. The third kappa shape index (κ3) is 2.89. The van der Waals surface area contributed by atoms with Crippen LogP contribution in [0.15, 0.2) is 41.6 Å². The van der Waals surface area contributed by atoms with Crippen molar-refractivity contribution in [3.63, 3.8) is 0 Å². The Morgan fingerprint density at radius 1 is 1.43 bits per heavy atom. The van der Waals surface area contributed by atoms with E-state index < -0.39 is 0 Å². The summed E-state index contributed by atoms with van der Waals surface area (Å²) in [6, 6.07) is 9.97. The molecule has 7 heteroatoms. The smallest absolute Gasteiger partial charge is 0.229 e. The van der Waals surface area contributed by atoms with Crippen LogP contribution in [0.1, 0.15) is 6.42 Å². The molecule has 1 aliphatic rings. The van der Waals surface area contributed by atoms with Gasteiger partial charge in [0, 0.05) is 30.6 Å². The summed E-state index contributed by atoms with van der Waals surface area (Å²) in [5, 5.41) is 4.26. The molecule has 0 bridgehead atoms. The van der Waals surface area contributed by atoms with Crippen LogP contribution in [-0.2, 0) is 4.79 Å². The summed E-state index contributed by atoms with van der Waals surface area (Å²) < 4.78 is 0. The lowest BCUT2D eigenvalue weighted by Crippen LogP contribution is -2.24. The fourth-order valence-electron chi connectivity index (χ4n) is 2.37. The summed E-state index contributed by atoms with van der Waals surface area (Å²) in [7, 11) is 0. The molecule has 1 atom stereocenters. The van der Waals surface area contributed by atoms with Crippen LogP contribution in [0.2, 0.25) is 0 Å². The lowest BCUT2D eigenvalue weighted by molar-refractivity contribution is -0.117. The zero-order valence-corrected chi connectivity index (χ0v) is 12.0. The van der Waals surface area contributed by atoms with Crippen molar-refractivity contribution < 1.29 is 4.79 Å². The van der Waals surface area contributed by atoms with Crippen LogP contribution in [-0.4, -0.2) is 24.0 Å². The van der Waals surface area contributed by atoms with Gasteiger partial charge in [-0.2, -0.15) is 0 Å². The van der Waals surface area contributed by atoms with Gasteiger partial charge in [-0.15, -0.1) is 0 Å². The first-order valence-corrected chi connectivity index (χ1v) is 7.42. The van der Waals surface area contributed by atoms with Gasteiger partial charge in [0.1, 0.15) is 0 Å². The molecule has 1 aromatic carbocycles. The molecule has 21 heavy (non-hydrogen) atoms. The van der Waals surface area contributed by atoms with Crippen molar-refractivity contribution in [2.75, 3.05) is 18.0 Å². The molecule has 1 aromatic heterocycles. The molecule has 0 radical (unpaired) electrons. The average Bonchev–Trinajstić information content (AvgIpc) is 3.12. The van der Waals surface area contributed by atoms with Crippen molar-refractivity contribution in [2.45, 2.75) is 6.42 Å². The van der Waals surface area contributed by atoms with Crippen molar-refractivity contribution in [3.05, 3.63) is 47.0 Å². The highest BCUT2D eigenvalue weighted by Gasteiger charge is 2.31. The Morgan fingerprint density at radius 3 is 3.00 bits per heavy atom. The molecule has 0 spiro atoms. The maximum absolute atomic E-state index is 12.1. The van der Waals surface area contributed by atoms with Crippen LogP contribution < -0.4 is 4.90 Å². The number of hydrogen-bond donors (Lipinski definition) is 0. The second-order valence-corrected chi connectivity index (χ2v) is 5.87. The van der Waals surface area contributed by atoms with E-state index in [4.69, 9.17) is 5.53 Å². The van der Waals surface area contributed by atoms with Gasteiger partial charge in [-0.05, 0) is 17.0 Å². The number of benzene rings is 1. The summed E-state index contributed by atoms with van der Waals surface area (Å²) in [6.45, 7) is 0.926. The number of azide groups is 1. The molecule has 2 heterocycles. The Morgan fingerprint density at radius 2 is 2.24 bits per heavy atom. The van der Waals surface area contributed by atoms with Crippen molar-refractivity contribution >= 4 is 22.4 Å². The van der Waals surface area contributed by atoms with Crippen LogP contribution in [0, 0.1) is 5.92 Å². The number of thiazole rings is 1. The Hall–Kier alpha value is -2.37. The molecule has 6 nitrogen and oxygen atoms in total. The summed E-state index contributed by atoms with van der Waals surface area (Å²) in [4.78, 5) is 21.9. The van der Waals surface area contributed by atoms with E-state index in [1.54, 1.807) is 11.1 Å². The zero-order valence-electron chi connectivity index (χ0n) is 11.2. The van der Waals surface area contributed by atoms with E-state index in [0.29, 0.717) is 24.6 Å². The van der Waals surface area contributed by atoms with Crippen LogP contribution in [0.4, 0.5) is 5.13 Å². The van der Waals surface area contributed by atoms with Gasteiger partial charge in [0.2, 0.25) is 5.91 Å². The highest BCUT2D eigenvalue weighted by atomic mass is 32.1. The van der Waals surface area contributed by atoms with Crippen molar-refractivity contribution in [2.24, 2.45) is 11.0 Å². The Bertz CT molecular complexity index is 692. The van der Waals surface area contributed by atoms with Crippen LogP contribution >= 0.6 is 11.3 Å². The molecule has 1 amide bonds. The van der Waals surface area contributed by atoms with Gasteiger partial charge in [-0.25, -0.2) is 4.98 Å². The molecular formula is C14H13N5OS. The Kier molecular flexibility index (Phi) is 3.85. The minimum atomic E-state index is 0.0436. The molecule has 0 aliphatic carbocycles. The lowest BCUT2D eigenvalue weighted by atomic mass is 10.1. The zero-order chi connectivity index (χ0) is 14.7. The molecule has 1 saturated heterocycles. The first kappa shape index (κ1) is 13.6. The largest absolute Gasteiger partial charge is 0.288 e. The van der Waals surface area contributed by atoms with Gasteiger partial charge in [0.05, 0.1) is 4.88 Å². The number of amides is 1. The highest BCUT2D eigenvalue weighted by Crippen LogP contribution is 2.34. The quantitative estimate of drug-likeness (QED) is 0.492. The first-order chi connectivity index (χ1) is 10.3. The van der Waals surface area contributed by atoms with E-state index in [1.807, 2.05) is 30.3 Å². The monoisotopic (exact) mass is 299 g/mol. The van der Waals surface area contributed by atoms with E-state index >= 15 is 0 Å². The highest BCUT2D eigenvalue weighted by molar-refractivity contribution is 7.19. The molecule has 0 saturated carbocycles. The molecule has 0 N–H and O–H groups in total. The predicted octanol–water partition coefficient (Wildman–Crippen LogP) is 3.47. The molecular weight excluding hydrogens is 286 g/mol. The van der Waals surface area contributed by atoms with Gasteiger partial charge in [0.15, 0.2) is 5.13 Å². The molecule has 2 aromatic rings. The molecule has 1 fully saturated rings. The van der Waals surface area contributed by atoms with Gasteiger partial charge >= 0.3 is 0 Å². The normalized spacial score (nSPS) is 17.8. The summed E-state index contributed by atoms with van der Waals surface area (Å²) in [5.41, 5.74) is 9.45. The molecule has 1 unspecified atom stereocenters. The second kappa shape index (κ2) is 5.95. The van der Waals surface area contributed by atoms with Crippen LogP contribution in [0.5, 0.6) is 0 Å². The third-order valence-corrected chi connectivity index (χ3v) is 4.46.